The van der Waals surface area contributed by atoms with Gasteiger partial charge in [-0.25, -0.2) is 0 Å². The zero-order valence-corrected chi connectivity index (χ0v) is 18.2. The Morgan fingerprint density at radius 3 is 2.62 bits per heavy atom. The van der Waals surface area contributed by atoms with Gasteiger partial charge in [0, 0.05) is 16.1 Å². The molecule has 0 spiro atoms. The van der Waals surface area contributed by atoms with Crippen LogP contribution in [0.3, 0.4) is 0 Å². The molecule has 0 radical (unpaired) electrons. The first-order chi connectivity index (χ1) is 13.7. The Kier molecular flexibility index (Phi) is 5.04. The standard InChI is InChI=1S/C21H21ClN4O2S/c1-12-24-25-19-16(11-17(27)28-21(2,3)4)23-18(13-5-7-14(22)8-6-13)15-9-10-29-20(15)26(12)19/h5-10,16H,11H2,1-4H3. The highest BCUT2D eigenvalue weighted by Gasteiger charge is 2.31. The lowest BCUT2D eigenvalue weighted by molar-refractivity contribution is -0.155. The van der Waals surface area contributed by atoms with E-state index in [1.54, 1.807) is 11.3 Å². The van der Waals surface area contributed by atoms with E-state index in [4.69, 9.17) is 21.3 Å². The summed E-state index contributed by atoms with van der Waals surface area (Å²) in [5.41, 5.74) is 2.15. The molecular weight excluding hydrogens is 408 g/mol. The number of benzene rings is 1. The molecule has 0 fully saturated rings. The number of hydrogen-bond donors (Lipinski definition) is 0. The topological polar surface area (TPSA) is 69.4 Å². The molecule has 0 saturated heterocycles. The van der Waals surface area contributed by atoms with Crippen LogP contribution in [-0.4, -0.2) is 32.0 Å². The Morgan fingerprint density at radius 1 is 1.21 bits per heavy atom. The van der Waals surface area contributed by atoms with Gasteiger partial charge in [-0.3, -0.25) is 14.4 Å². The van der Waals surface area contributed by atoms with E-state index in [-0.39, 0.29) is 12.4 Å². The highest BCUT2D eigenvalue weighted by Crippen LogP contribution is 2.35. The van der Waals surface area contributed by atoms with E-state index in [9.17, 15) is 4.79 Å². The van der Waals surface area contributed by atoms with Crippen molar-refractivity contribution in [1.82, 2.24) is 14.8 Å². The zero-order chi connectivity index (χ0) is 20.8. The molecule has 29 heavy (non-hydrogen) atoms. The second kappa shape index (κ2) is 7.39. The molecule has 8 heteroatoms. The van der Waals surface area contributed by atoms with Crippen LogP contribution in [0.4, 0.5) is 0 Å². The Bertz CT molecular complexity index is 1090. The summed E-state index contributed by atoms with van der Waals surface area (Å²) in [6.45, 7) is 7.46. The molecule has 0 saturated carbocycles. The molecule has 1 aliphatic heterocycles. The van der Waals surface area contributed by atoms with Crippen LogP contribution in [-0.2, 0) is 9.53 Å². The molecule has 3 aromatic rings. The van der Waals surface area contributed by atoms with Crippen molar-refractivity contribution in [3.63, 3.8) is 0 Å². The van der Waals surface area contributed by atoms with E-state index in [0.717, 1.165) is 27.7 Å². The fourth-order valence-electron chi connectivity index (χ4n) is 3.30. The van der Waals surface area contributed by atoms with Crippen molar-refractivity contribution in [2.45, 2.75) is 45.8 Å². The number of aromatic nitrogens is 3. The second-order valence-electron chi connectivity index (χ2n) is 7.87. The molecule has 6 nitrogen and oxygen atoms in total. The molecule has 4 rings (SSSR count). The van der Waals surface area contributed by atoms with Crippen LogP contribution in [0, 0.1) is 6.92 Å². The minimum atomic E-state index is -0.563. The molecule has 1 aromatic carbocycles. The van der Waals surface area contributed by atoms with E-state index < -0.39 is 11.6 Å². The van der Waals surface area contributed by atoms with Crippen LogP contribution in [0.2, 0.25) is 5.02 Å². The molecule has 3 heterocycles. The number of carbonyl (C=O) groups excluding carboxylic acids is 1. The van der Waals surface area contributed by atoms with Crippen molar-refractivity contribution in [1.29, 1.82) is 0 Å². The smallest absolute Gasteiger partial charge is 0.308 e. The number of esters is 1. The maximum Gasteiger partial charge on any atom is 0.308 e. The fraction of sp³-hybridized carbons (Fsp3) is 0.333. The number of halogens is 1. The van der Waals surface area contributed by atoms with Crippen LogP contribution >= 0.6 is 22.9 Å². The molecule has 1 aliphatic rings. The molecule has 0 amide bonds. The van der Waals surface area contributed by atoms with Gasteiger partial charge >= 0.3 is 5.97 Å². The van der Waals surface area contributed by atoms with Crippen molar-refractivity contribution in [3.8, 4) is 5.00 Å². The maximum absolute atomic E-state index is 12.6. The van der Waals surface area contributed by atoms with Gasteiger partial charge in [0.2, 0.25) is 0 Å². The summed E-state index contributed by atoms with van der Waals surface area (Å²) in [7, 11) is 0. The Balaban J connectivity index is 1.84. The van der Waals surface area contributed by atoms with Crippen LogP contribution in [0.1, 0.15) is 56.0 Å². The molecule has 150 valence electrons. The Morgan fingerprint density at radius 2 is 1.93 bits per heavy atom. The minimum absolute atomic E-state index is 0.0848. The molecule has 1 atom stereocenters. The predicted octanol–water partition coefficient (Wildman–Crippen LogP) is 4.91. The molecule has 1 unspecified atom stereocenters. The highest BCUT2D eigenvalue weighted by molar-refractivity contribution is 7.13. The minimum Gasteiger partial charge on any atom is -0.460 e. The third-order valence-corrected chi connectivity index (χ3v) is 5.58. The van der Waals surface area contributed by atoms with Gasteiger partial charge in [0.25, 0.3) is 0 Å². The van der Waals surface area contributed by atoms with E-state index in [1.807, 2.05) is 68.0 Å². The van der Waals surface area contributed by atoms with Gasteiger partial charge in [-0.1, -0.05) is 23.7 Å². The quantitative estimate of drug-likeness (QED) is 0.555. The lowest BCUT2D eigenvalue weighted by Crippen LogP contribution is -2.25. The zero-order valence-electron chi connectivity index (χ0n) is 16.6. The molecular formula is C21H21ClN4O2S. The molecule has 2 aromatic heterocycles. The van der Waals surface area contributed by atoms with Crippen LogP contribution in [0.15, 0.2) is 40.7 Å². The molecule has 0 aliphatic carbocycles. The predicted molar refractivity (Wildman–Crippen MR) is 114 cm³/mol. The van der Waals surface area contributed by atoms with Gasteiger partial charge in [-0.05, 0) is 51.3 Å². The largest absolute Gasteiger partial charge is 0.460 e. The van der Waals surface area contributed by atoms with Crippen molar-refractivity contribution >= 4 is 34.6 Å². The third kappa shape index (κ3) is 3.97. The number of nitrogens with zero attached hydrogens (tertiary/aromatic N) is 4. The van der Waals surface area contributed by atoms with E-state index >= 15 is 0 Å². The second-order valence-corrected chi connectivity index (χ2v) is 9.20. The SMILES string of the molecule is Cc1nnc2n1-c1sccc1C(c1ccc(Cl)cc1)=NC2CC(=O)OC(C)(C)C. The fourth-order valence-corrected chi connectivity index (χ4v) is 4.38. The number of ether oxygens (including phenoxy) is 1. The summed E-state index contributed by atoms with van der Waals surface area (Å²) in [6.07, 6.45) is 0.0848. The summed E-state index contributed by atoms with van der Waals surface area (Å²) in [4.78, 5) is 17.6. The van der Waals surface area contributed by atoms with Crippen molar-refractivity contribution in [3.05, 3.63) is 63.5 Å². The first kappa shape index (κ1) is 19.8. The summed E-state index contributed by atoms with van der Waals surface area (Å²) < 4.78 is 7.53. The third-order valence-electron chi connectivity index (χ3n) is 4.43. The van der Waals surface area contributed by atoms with Gasteiger partial charge in [-0.2, -0.15) is 0 Å². The van der Waals surface area contributed by atoms with Crippen molar-refractivity contribution < 1.29 is 9.53 Å². The van der Waals surface area contributed by atoms with Gasteiger partial charge in [0.15, 0.2) is 5.82 Å². The monoisotopic (exact) mass is 428 g/mol. The highest BCUT2D eigenvalue weighted by atomic mass is 35.5. The molecule has 0 bridgehead atoms. The average Bonchev–Trinajstić information content (AvgIpc) is 3.21. The van der Waals surface area contributed by atoms with Gasteiger partial charge in [0.05, 0.1) is 12.1 Å². The van der Waals surface area contributed by atoms with Crippen LogP contribution in [0.5, 0.6) is 0 Å². The van der Waals surface area contributed by atoms with Gasteiger partial charge < -0.3 is 4.74 Å². The summed E-state index contributed by atoms with van der Waals surface area (Å²) >= 11 is 7.67. The van der Waals surface area contributed by atoms with Crippen LogP contribution in [0.25, 0.3) is 5.00 Å². The number of rotatable bonds is 3. The number of carbonyl (C=O) groups is 1. The maximum atomic E-state index is 12.6. The first-order valence-corrected chi connectivity index (χ1v) is 10.5. The lowest BCUT2D eigenvalue weighted by atomic mass is 10.0. The lowest BCUT2D eigenvalue weighted by Gasteiger charge is -2.20. The van der Waals surface area contributed by atoms with Crippen LogP contribution < -0.4 is 0 Å². The van der Waals surface area contributed by atoms with Gasteiger partial charge in [-0.15, -0.1) is 21.5 Å². The number of aliphatic imine (C=N–C) groups is 1. The number of fused-ring (bicyclic) bond motifs is 3. The van der Waals surface area contributed by atoms with Crippen molar-refractivity contribution in [2.75, 3.05) is 0 Å². The van der Waals surface area contributed by atoms with Gasteiger partial charge in [0.1, 0.15) is 22.5 Å². The Hall–Kier alpha value is -2.51. The summed E-state index contributed by atoms with van der Waals surface area (Å²) in [5.74, 6) is 1.07. The van der Waals surface area contributed by atoms with Crippen molar-refractivity contribution in [2.24, 2.45) is 4.99 Å². The van der Waals surface area contributed by atoms with E-state index in [0.29, 0.717) is 10.8 Å². The van der Waals surface area contributed by atoms with E-state index in [1.165, 1.54) is 0 Å². The summed E-state index contributed by atoms with van der Waals surface area (Å²) in [6, 6.07) is 9.08. The average molecular weight is 429 g/mol. The number of aryl methyl sites for hydroxylation is 1. The number of thiophene rings is 1. The normalized spacial score (nSPS) is 15.9. The summed E-state index contributed by atoms with van der Waals surface area (Å²) in [5, 5.41) is 12.3. The Labute approximate surface area is 178 Å². The molecule has 0 N–H and O–H groups in total. The van der Waals surface area contributed by atoms with E-state index in [2.05, 4.69) is 10.2 Å². The first-order valence-electron chi connectivity index (χ1n) is 9.28. The number of hydrogen-bond acceptors (Lipinski definition) is 6.